The largest absolute Gasteiger partial charge is 0.388 e. The molecule has 0 saturated heterocycles. The van der Waals surface area contributed by atoms with Gasteiger partial charge in [-0.05, 0) is 37.8 Å². The third-order valence-corrected chi connectivity index (χ3v) is 6.09. The van der Waals surface area contributed by atoms with Crippen LogP contribution in [-0.4, -0.2) is 30.0 Å². The summed E-state index contributed by atoms with van der Waals surface area (Å²) >= 11 is 1.61. The molecule has 0 aliphatic heterocycles. The Labute approximate surface area is 147 Å². The van der Waals surface area contributed by atoms with Gasteiger partial charge in [-0.1, -0.05) is 26.7 Å². The first-order chi connectivity index (χ1) is 11.3. The third kappa shape index (κ3) is 4.57. The molecule has 1 aliphatic rings. The third-order valence-electron chi connectivity index (χ3n) is 4.59. The lowest BCUT2D eigenvalue weighted by molar-refractivity contribution is -0.139. The van der Waals surface area contributed by atoms with Crippen LogP contribution in [0.2, 0.25) is 0 Å². The van der Waals surface area contributed by atoms with E-state index in [0.29, 0.717) is 19.0 Å². The topological polar surface area (TPSA) is 78.4 Å². The molecule has 1 aromatic rings. The van der Waals surface area contributed by atoms with Gasteiger partial charge in [0.15, 0.2) is 0 Å². The standard InChI is InChI=1S/C18H28N2O3S/c1-12(2)10-19-16(22)17(23)20-11-18(8-4-5-9-18)15-7-6-14(24-15)13(3)21/h6-7,12-13,21H,4-5,8-11H2,1-3H3,(H,19,22)(H,20,23). The summed E-state index contributed by atoms with van der Waals surface area (Å²) in [6.45, 7) is 6.71. The minimum Gasteiger partial charge on any atom is -0.388 e. The lowest BCUT2D eigenvalue weighted by Gasteiger charge is -2.28. The fraction of sp³-hybridized carbons (Fsp3) is 0.667. The molecule has 1 aliphatic carbocycles. The highest BCUT2D eigenvalue weighted by Crippen LogP contribution is 2.44. The van der Waals surface area contributed by atoms with Gasteiger partial charge >= 0.3 is 11.8 Å². The molecular formula is C18H28N2O3S. The minimum atomic E-state index is -0.562. The Kier molecular flexibility index (Phi) is 6.40. The number of carbonyl (C=O) groups excluding carboxylic acids is 2. The predicted octanol–water partition coefficient (Wildman–Crippen LogP) is 2.50. The minimum absolute atomic E-state index is 0.105. The van der Waals surface area contributed by atoms with Crippen LogP contribution in [0.5, 0.6) is 0 Å². The smallest absolute Gasteiger partial charge is 0.309 e. The van der Waals surface area contributed by atoms with Crippen LogP contribution in [0.15, 0.2) is 12.1 Å². The van der Waals surface area contributed by atoms with Gasteiger partial charge in [0, 0.05) is 28.3 Å². The maximum atomic E-state index is 12.0. The number of thiophene rings is 1. The molecule has 1 aromatic heterocycles. The van der Waals surface area contributed by atoms with Gasteiger partial charge in [-0.25, -0.2) is 0 Å². The highest BCUT2D eigenvalue weighted by Gasteiger charge is 2.37. The van der Waals surface area contributed by atoms with Gasteiger partial charge in [-0.15, -0.1) is 11.3 Å². The zero-order valence-electron chi connectivity index (χ0n) is 14.7. The molecule has 0 spiro atoms. The van der Waals surface area contributed by atoms with E-state index in [1.54, 1.807) is 18.3 Å². The van der Waals surface area contributed by atoms with Crippen molar-refractivity contribution in [1.82, 2.24) is 10.6 Å². The second-order valence-corrected chi connectivity index (χ2v) is 8.27. The molecule has 0 radical (unpaired) electrons. The second-order valence-electron chi connectivity index (χ2n) is 7.15. The van der Waals surface area contributed by atoms with Gasteiger partial charge in [0.2, 0.25) is 0 Å². The summed E-state index contributed by atoms with van der Waals surface area (Å²) in [4.78, 5) is 26.0. The van der Waals surface area contributed by atoms with Gasteiger partial charge in [0.05, 0.1) is 6.10 Å². The van der Waals surface area contributed by atoms with Crippen molar-refractivity contribution in [3.63, 3.8) is 0 Å². The maximum absolute atomic E-state index is 12.0. The molecule has 1 fully saturated rings. The first kappa shape index (κ1) is 18.9. The van der Waals surface area contributed by atoms with Gasteiger partial charge in [-0.2, -0.15) is 0 Å². The van der Waals surface area contributed by atoms with Crippen molar-refractivity contribution in [2.45, 2.75) is 58.0 Å². The molecule has 134 valence electrons. The summed E-state index contributed by atoms with van der Waals surface area (Å²) in [5.74, 6) is -0.810. The van der Waals surface area contributed by atoms with Crippen molar-refractivity contribution in [3.8, 4) is 0 Å². The van der Waals surface area contributed by atoms with Gasteiger partial charge in [0.25, 0.3) is 0 Å². The number of amides is 2. The molecule has 2 rings (SSSR count). The average molecular weight is 353 g/mol. The van der Waals surface area contributed by atoms with E-state index in [2.05, 4.69) is 16.7 Å². The fourth-order valence-corrected chi connectivity index (χ4v) is 4.32. The number of aliphatic hydroxyl groups excluding tert-OH is 1. The zero-order chi connectivity index (χ0) is 17.7. The Morgan fingerprint density at radius 2 is 1.79 bits per heavy atom. The van der Waals surface area contributed by atoms with Crippen LogP contribution >= 0.6 is 11.3 Å². The molecule has 1 atom stereocenters. The van der Waals surface area contributed by atoms with E-state index in [4.69, 9.17) is 0 Å². The van der Waals surface area contributed by atoms with Crippen LogP contribution in [0.1, 0.15) is 62.3 Å². The Morgan fingerprint density at radius 1 is 1.17 bits per heavy atom. The molecule has 3 N–H and O–H groups in total. The second kappa shape index (κ2) is 8.12. The first-order valence-corrected chi connectivity index (χ1v) is 9.50. The lowest BCUT2D eigenvalue weighted by atomic mass is 9.84. The maximum Gasteiger partial charge on any atom is 0.309 e. The van der Waals surface area contributed by atoms with Crippen molar-refractivity contribution in [3.05, 3.63) is 21.9 Å². The van der Waals surface area contributed by atoms with Crippen molar-refractivity contribution < 1.29 is 14.7 Å². The van der Waals surface area contributed by atoms with Crippen LogP contribution in [0.25, 0.3) is 0 Å². The summed E-state index contributed by atoms with van der Waals surface area (Å²) in [6, 6.07) is 4.02. The zero-order valence-corrected chi connectivity index (χ0v) is 15.5. The normalized spacial score (nSPS) is 17.7. The number of hydrogen-bond donors (Lipinski definition) is 3. The monoisotopic (exact) mass is 352 g/mol. The van der Waals surface area contributed by atoms with Crippen molar-refractivity contribution in [2.24, 2.45) is 5.92 Å². The number of carbonyl (C=O) groups is 2. The summed E-state index contributed by atoms with van der Waals surface area (Å²) in [6.07, 6.45) is 3.77. The van der Waals surface area contributed by atoms with E-state index >= 15 is 0 Å². The van der Waals surface area contributed by atoms with Crippen LogP contribution in [0, 0.1) is 5.92 Å². The molecule has 5 nitrogen and oxygen atoms in total. The molecule has 1 saturated carbocycles. The number of hydrogen-bond acceptors (Lipinski definition) is 4. The molecular weight excluding hydrogens is 324 g/mol. The van der Waals surface area contributed by atoms with Crippen LogP contribution in [0.4, 0.5) is 0 Å². The van der Waals surface area contributed by atoms with E-state index in [0.717, 1.165) is 30.6 Å². The Bertz CT molecular complexity index is 575. The van der Waals surface area contributed by atoms with Gasteiger partial charge in [-0.3, -0.25) is 9.59 Å². The number of rotatable bonds is 6. The summed E-state index contributed by atoms with van der Waals surface area (Å²) in [5, 5.41) is 15.2. The van der Waals surface area contributed by atoms with E-state index in [1.165, 1.54) is 4.88 Å². The Balaban J connectivity index is 2.00. The highest BCUT2D eigenvalue weighted by atomic mass is 32.1. The van der Waals surface area contributed by atoms with Crippen LogP contribution in [0.3, 0.4) is 0 Å². The first-order valence-electron chi connectivity index (χ1n) is 8.68. The van der Waals surface area contributed by atoms with Crippen molar-refractivity contribution >= 4 is 23.2 Å². The molecule has 2 amide bonds. The molecule has 0 bridgehead atoms. The van der Waals surface area contributed by atoms with Gasteiger partial charge in [0.1, 0.15) is 0 Å². The van der Waals surface area contributed by atoms with E-state index < -0.39 is 17.9 Å². The predicted molar refractivity (Wildman–Crippen MR) is 96.0 cm³/mol. The lowest BCUT2D eigenvalue weighted by Crippen LogP contribution is -2.46. The molecule has 6 heteroatoms. The molecule has 1 unspecified atom stereocenters. The van der Waals surface area contributed by atoms with E-state index in [1.807, 2.05) is 19.9 Å². The Morgan fingerprint density at radius 3 is 2.33 bits per heavy atom. The number of aliphatic hydroxyl groups is 1. The van der Waals surface area contributed by atoms with Gasteiger partial charge < -0.3 is 15.7 Å². The van der Waals surface area contributed by atoms with Crippen molar-refractivity contribution in [2.75, 3.05) is 13.1 Å². The molecule has 24 heavy (non-hydrogen) atoms. The van der Waals surface area contributed by atoms with E-state index in [-0.39, 0.29) is 5.41 Å². The molecule has 0 aromatic carbocycles. The van der Waals surface area contributed by atoms with Crippen LogP contribution < -0.4 is 10.6 Å². The van der Waals surface area contributed by atoms with Crippen LogP contribution in [-0.2, 0) is 15.0 Å². The van der Waals surface area contributed by atoms with Crippen molar-refractivity contribution in [1.29, 1.82) is 0 Å². The number of nitrogens with one attached hydrogen (secondary N) is 2. The quantitative estimate of drug-likeness (QED) is 0.688. The highest BCUT2D eigenvalue weighted by molar-refractivity contribution is 7.12. The molecule has 1 heterocycles. The SMILES string of the molecule is CC(C)CNC(=O)C(=O)NCC1(c2ccc(C(C)O)s2)CCCC1. The Hall–Kier alpha value is -1.40. The summed E-state index contributed by atoms with van der Waals surface area (Å²) in [7, 11) is 0. The summed E-state index contributed by atoms with van der Waals surface area (Å²) in [5.41, 5.74) is -0.105. The average Bonchev–Trinajstić information content (AvgIpc) is 3.19. The fourth-order valence-electron chi connectivity index (χ4n) is 3.13. The van der Waals surface area contributed by atoms with E-state index in [9.17, 15) is 14.7 Å². The summed E-state index contributed by atoms with van der Waals surface area (Å²) < 4.78 is 0.